The van der Waals surface area contributed by atoms with Crippen molar-refractivity contribution in [3.63, 3.8) is 0 Å². The van der Waals surface area contributed by atoms with E-state index in [0.717, 1.165) is 10.6 Å². The van der Waals surface area contributed by atoms with E-state index in [4.69, 9.17) is 32.7 Å². The molecule has 2 aromatic carbocycles. The first-order valence-corrected chi connectivity index (χ1v) is 10.4. The molecule has 1 aliphatic rings. The van der Waals surface area contributed by atoms with Gasteiger partial charge < -0.3 is 14.8 Å². The van der Waals surface area contributed by atoms with Crippen LogP contribution in [0.25, 0.3) is 0 Å². The second-order valence-electron chi connectivity index (χ2n) is 5.89. The lowest BCUT2D eigenvalue weighted by Crippen LogP contribution is -2.45. The summed E-state index contributed by atoms with van der Waals surface area (Å²) in [4.78, 5) is 12.7. The van der Waals surface area contributed by atoms with Gasteiger partial charge in [0.05, 0.1) is 22.0 Å². The smallest absolute Gasteiger partial charge is 0.247 e. The summed E-state index contributed by atoms with van der Waals surface area (Å²) in [7, 11) is -3.77. The summed E-state index contributed by atoms with van der Waals surface area (Å²) in [5.41, 5.74) is 0.693. The Kier molecular flexibility index (Phi) is 5.41. The monoisotopic (exact) mass is 430 g/mol. The predicted molar refractivity (Wildman–Crippen MR) is 104 cm³/mol. The summed E-state index contributed by atoms with van der Waals surface area (Å²) in [6, 6.07) is 8.23. The average Bonchev–Trinajstić information content (AvgIpc) is 3.04. The molecule has 10 heteroatoms. The predicted octanol–water partition coefficient (Wildman–Crippen LogP) is 3.52. The summed E-state index contributed by atoms with van der Waals surface area (Å²) in [6.07, 6.45) is 1.01. The molecule has 0 aromatic heterocycles. The van der Waals surface area contributed by atoms with Crippen LogP contribution in [0.3, 0.4) is 0 Å². The molecule has 1 aliphatic heterocycles. The highest BCUT2D eigenvalue weighted by atomic mass is 35.5. The van der Waals surface area contributed by atoms with E-state index in [9.17, 15) is 13.2 Å². The van der Waals surface area contributed by atoms with Crippen molar-refractivity contribution < 1.29 is 22.7 Å². The molecule has 1 atom stereocenters. The quantitative estimate of drug-likeness (QED) is 0.783. The maximum absolute atomic E-state index is 12.7. The highest BCUT2D eigenvalue weighted by molar-refractivity contribution is 7.92. The second-order valence-corrected chi connectivity index (χ2v) is 8.56. The molecule has 0 saturated heterocycles. The molecule has 0 saturated carbocycles. The minimum absolute atomic E-state index is 0.113. The summed E-state index contributed by atoms with van der Waals surface area (Å²) in [5.74, 6) is 0.560. The van der Waals surface area contributed by atoms with Crippen LogP contribution in [0.2, 0.25) is 10.0 Å². The maximum Gasteiger partial charge on any atom is 0.247 e. The molecule has 0 radical (unpaired) electrons. The Morgan fingerprint density at radius 1 is 1.11 bits per heavy atom. The third kappa shape index (κ3) is 4.23. The molecule has 0 aliphatic carbocycles. The number of hydrogen-bond donors (Lipinski definition) is 1. The van der Waals surface area contributed by atoms with Crippen LogP contribution in [-0.4, -0.2) is 33.4 Å². The lowest BCUT2D eigenvalue weighted by molar-refractivity contribution is -0.116. The molecule has 27 heavy (non-hydrogen) atoms. The Hall–Kier alpha value is -2.16. The molecule has 1 amide bonds. The number of carbonyl (C=O) groups is 1. The van der Waals surface area contributed by atoms with Crippen LogP contribution in [0, 0.1) is 0 Å². The van der Waals surface area contributed by atoms with Gasteiger partial charge in [-0.15, -0.1) is 0 Å². The minimum atomic E-state index is -3.77. The third-order valence-electron chi connectivity index (χ3n) is 3.89. The van der Waals surface area contributed by atoms with Gasteiger partial charge in [-0.05, 0) is 37.3 Å². The maximum atomic E-state index is 12.7. The number of anilines is 2. The molecule has 0 spiro atoms. The van der Waals surface area contributed by atoms with E-state index in [1.807, 2.05) is 0 Å². The van der Waals surface area contributed by atoms with Gasteiger partial charge in [0.1, 0.15) is 6.04 Å². The van der Waals surface area contributed by atoms with E-state index >= 15 is 0 Å². The number of ether oxygens (including phenoxy) is 2. The van der Waals surface area contributed by atoms with Crippen molar-refractivity contribution in [1.29, 1.82) is 0 Å². The molecule has 3 rings (SSSR count). The Bertz CT molecular complexity index is 997. The largest absolute Gasteiger partial charge is 0.454 e. The zero-order valence-corrected chi connectivity index (χ0v) is 16.7. The fraction of sp³-hybridized carbons (Fsp3) is 0.235. The van der Waals surface area contributed by atoms with Crippen LogP contribution in [0.4, 0.5) is 11.4 Å². The molecule has 0 fully saturated rings. The topological polar surface area (TPSA) is 84.9 Å². The van der Waals surface area contributed by atoms with E-state index in [-0.39, 0.29) is 22.5 Å². The third-order valence-corrected chi connectivity index (χ3v) is 5.87. The first kappa shape index (κ1) is 19.6. The van der Waals surface area contributed by atoms with E-state index in [1.165, 1.54) is 25.1 Å². The fourth-order valence-corrected chi connectivity index (χ4v) is 4.11. The van der Waals surface area contributed by atoms with Crippen LogP contribution in [0.1, 0.15) is 6.92 Å². The van der Waals surface area contributed by atoms with Crippen LogP contribution in [0.15, 0.2) is 36.4 Å². The molecule has 1 N–H and O–H groups in total. The number of fused-ring (bicyclic) bond motifs is 1. The van der Waals surface area contributed by atoms with Gasteiger partial charge in [-0.1, -0.05) is 23.2 Å². The zero-order chi connectivity index (χ0) is 19.8. The van der Waals surface area contributed by atoms with Crippen LogP contribution >= 0.6 is 23.2 Å². The Morgan fingerprint density at radius 3 is 2.48 bits per heavy atom. The van der Waals surface area contributed by atoms with Crippen molar-refractivity contribution in [1.82, 2.24) is 0 Å². The summed E-state index contributed by atoms with van der Waals surface area (Å²) < 4.78 is 36.1. The van der Waals surface area contributed by atoms with Crippen LogP contribution in [0.5, 0.6) is 11.5 Å². The molecule has 144 valence electrons. The zero-order valence-electron chi connectivity index (χ0n) is 14.4. The highest BCUT2D eigenvalue weighted by Crippen LogP contribution is 2.34. The number of amides is 1. The first-order chi connectivity index (χ1) is 12.7. The van der Waals surface area contributed by atoms with Crippen molar-refractivity contribution in [2.24, 2.45) is 0 Å². The molecule has 1 heterocycles. The van der Waals surface area contributed by atoms with Crippen LogP contribution < -0.4 is 19.1 Å². The fourth-order valence-electron chi connectivity index (χ4n) is 2.65. The Labute approximate surface area is 166 Å². The number of nitrogens with zero attached hydrogens (tertiary/aromatic N) is 1. The van der Waals surface area contributed by atoms with Gasteiger partial charge in [-0.25, -0.2) is 8.42 Å². The number of carbonyl (C=O) groups excluding carboxylic acids is 1. The Balaban J connectivity index is 1.86. The lowest BCUT2D eigenvalue weighted by Gasteiger charge is -2.28. The SMILES string of the molecule is C[C@H](C(=O)Nc1ccc2c(c1)OCO2)N(c1ccc(Cl)c(Cl)c1)S(C)(=O)=O. The average molecular weight is 431 g/mol. The minimum Gasteiger partial charge on any atom is -0.454 e. The van der Waals surface area contributed by atoms with Gasteiger partial charge >= 0.3 is 0 Å². The number of rotatable bonds is 5. The van der Waals surface area contributed by atoms with Gasteiger partial charge in [0.25, 0.3) is 0 Å². The number of hydrogen-bond acceptors (Lipinski definition) is 5. The highest BCUT2D eigenvalue weighted by Gasteiger charge is 2.30. The van der Waals surface area contributed by atoms with Gasteiger partial charge in [0, 0.05) is 11.8 Å². The summed E-state index contributed by atoms with van der Waals surface area (Å²) >= 11 is 11.9. The normalized spacial score (nSPS) is 13.9. The van der Waals surface area contributed by atoms with Gasteiger partial charge in [-0.3, -0.25) is 9.10 Å². The molecular weight excluding hydrogens is 415 g/mol. The molecular formula is C17H16Cl2N2O5S. The second kappa shape index (κ2) is 7.46. The van der Waals surface area contributed by atoms with E-state index < -0.39 is 22.0 Å². The van der Waals surface area contributed by atoms with Crippen molar-refractivity contribution in [3.05, 3.63) is 46.4 Å². The molecule has 2 aromatic rings. The molecule has 7 nitrogen and oxygen atoms in total. The summed E-state index contributed by atoms with van der Waals surface area (Å²) in [5, 5.41) is 3.15. The Morgan fingerprint density at radius 2 is 1.81 bits per heavy atom. The number of halogens is 2. The van der Waals surface area contributed by atoms with Crippen molar-refractivity contribution in [2.75, 3.05) is 22.7 Å². The number of sulfonamides is 1. The van der Waals surface area contributed by atoms with Crippen molar-refractivity contribution in [3.8, 4) is 11.5 Å². The number of nitrogens with one attached hydrogen (secondary N) is 1. The molecule has 0 bridgehead atoms. The van der Waals surface area contributed by atoms with Gasteiger partial charge in [0.15, 0.2) is 11.5 Å². The number of benzene rings is 2. The standard InChI is InChI=1S/C17H16Cl2N2O5S/c1-10(17(22)20-11-3-6-15-16(7-11)26-9-25-15)21(27(2,23)24)12-4-5-13(18)14(19)8-12/h3-8,10H,9H2,1-2H3,(H,20,22)/t10-/m1/s1. The summed E-state index contributed by atoms with van der Waals surface area (Å²) in [6.45, 7) is 1.59. The van der Waals surface area contributed by atoms with Crippen molar-refractivity contribution >= 4 is 50.5 Å². The van der Waals surface area contributed by atoms with E-state index in [0.29, 0.717) is 17.2 Å². The van der Waals surface area contributed by atoms with E-state index in [1.54, 1.807) is 18.2 Å². The van der Waals surface area contributed by atoms with Crippen molar-refractivity contribution in [2.45, 2.75) is 13.0 Å². The first-order valence-electron chi connectivity index (χ1n) is 7.82. The van der Waals surface area contributed by atoms with Crippen LogP contribution in [-0.2, 0) is 14.8 Å². The lowest BCUT2D eigenvalue weighted by atomic mass is 10.2. The van der Waals surface area contributed by atoms with Gasteiger partial charge in [-0.2, -0.15) is 0 Å². The van der Waals surface area contributed by atoms with Gasteiger partial charge in [0.2, 0.25) is 22.7 Å². The van der Waals surface area contributed by atoms with E-state index in [2.05, 4.69) is 5.32 Å². The molecule has 0 unspecified atom stereocenters.